The van der Waals surface area contributed by atoms with Gasteiger partial charge in [-0.3, -0.25) is 0 Å². The van der Waals surface area contributed by atoms with Crippen LogP contribution in [0.3, 0.4) is 0 Å². The average molecular weight is 505 g/mol. The molecule has 0 saturated carbocycles. The summed E-state index contributed by atoms with van der Waals surface area (Å²) in [6.07, 6.45) is 8.47. The van der Waals surface area contributed by atoms with Crippen molar-refractivity contribution in [3.63, 3.8) is 0 Å². The predicted molar refractivity (Wildman–Crippen MR) is 128 cm³/mol. The largest absolute Gasteiger partial charge is 0.463 e. The topological polar surface area (TPSA) is 98.8 Å². The van der Waals surface area contributed by atoms with E-state index in [0.717, 1.165) is 12.0 Å². The van der Waals surface area contributed by atoms with Gasteiger partial charge in [0, 0.05) is 17.6 Å². The lowest BCUT2D eigenvalue weighted by Crippen LogP contribution is -2.56. The second-order valence-electron chi connectivity index (χ2n) is 10.2. The summed E-state index contributed by atoms with van der Waals surface area (Å²) >= 11 is 0. The zero-order valence-electron chi connectivity index (χ0n) is 21.8. The van der Waals surface area contributed by atoms with Gasteiger partial charge in [-0.05, 0) is 48.0 Å². The third kappa shape index (κ3) is 6.15. The smallest absolute Gasteiger partial charge is 0.334 e. The number of hydrogen-bond acceptors (Lipinski definition) is 9. The van der Waals surface area contributed by atoms with Gasteiger partial charge in [0.2, 0.25) is 0 Å². The fraction of sp³-hybridized carbons (Fsp3) is 0.630. The molecule has 5 unspecified atom stereocenters. The molecule has 9 nitrogen and oxygen atoms in total. The number of carbonyl (C=O) groups is 2. The van der Waals surface area contributed by atoms with E-state index < -0.39 is 30.1 Å². The molecule has 3 heterocycles. The van der Waals surface area contributed by atoms with Crippen molar-refractivity contribution in [2.45, 2.75) is 96.7 Å². The molecule has 0 bridgehead atoms. The van der Waals surface area contributed by atoms with Gasteiger partial charge in [0.15, 0.2) is 17.9 Å². The van der Waals surface area contributed by atoms with Crippen molar-refractivity contribution in [2.75, 3.05) is 13.2 Å². The van der Waals surface area contributed by atoms with Crippen LogP contribution in [0.5, 0.6) is 0 Å². The molecule has 3 fully saturated rings. The second kappa shape index (κ2) is 10.6. The molecule has 0 aromatic rings. The Hall–Kier alpha value is -2.30. The number of rotatable bonds is 5. The molecule has 0 spiro atoms. The molecule has 0 N–H and O–H groups in total. The molecule has 5 rings (SSSR count). The van der Waals surface area contributed by atoms with E-state index in [2.05, 4.69) is 0 Å². The fourth-order valence-electron chi connectivity index (χ4n) is 4.70. The highest BCUT2D eigenvalue weighted by Gasteiger charge is 2.60. The molecule has 9 heteroatoms. The number of allylic oxidation sites excluding steroid dienone is 6. The van der Waals surface area contributed by atoms with Crippen molar-refractivity contribution in [1.29, 1.82) is 0 Å². The van der Waals surface area contributed by atoms with Gasteiger partial charge in [-0.1, -0.05) is 36.0 Å². The first kappa shape index (κ1) is 26.8. The van der Waals surface area contributed by atoms with E-state index in [1.807, 2.05) is 65.8 Å². The van der Waals surface area contributed by atoms with Crippen LogP contribution in [0.15, 0.2) is 47.1 Å². The molecule has 5 atom stereocenters. The first-order chi connectivity index (χ1) is 17.0. The normalized spacial score (nSPS) is 32.9. The van der Waals surface area contributed by atoms with E-state index in [1.54, 1.807) is 6.08 Å². The lowest BCUT2D eigenvalue weighted by molar-refractivity contribution is -0.242. The van der Waals surface area contributed by atoms with Gasteiger partial charge in [-0.25, -0.2) is 9.59 Å². The average Bonchev–Trinajstić information content (AvgIpc) is 3.57. The highest BCUT2D eigenvalue weighted by molar-refractivity contribution is 5.90. The maximum atomic E-state index is 12.1. The Bertz CT molecular complexity index is 987. The number of hydrogen-bond donors (Lipinski definition) is 0. The summed E-state index contributed by atoms with van der Waals surface area (Å²) < 4.78 is 40.1. The van der Waals surface area contributed by atoms with Crippen LogP contribution in [0.4, 0.5) is 0 Å². The van der Waals surface area contributed by atoms with Gasteiger partial charge < -0.3 is 33.2 Å². The molecular formula is C27H36O9. The van der Waals surface area contributed by atoms with Crippen molar-refractivity contribution in [3.05, 3.63) is 47.1 Å². The number of ether oxygens (including phenoxy) is 7. The van der Waals surface area contributed by atoms with Crippen LogP contribution in [0, 0.1) is 0 Å². The summed E-state index contributed by atoms with van der Waals surface area (Å²) in [5, 5.41) is 0. The Balaban J connectivity index is 0.000000233. The zero-order valence-corrected chi connectivity index (χ0v) is 21.8. The lowest BCUT2D eigenvalue weighted by atomic mass is 9.99. The number of esters is 2. The molecule has 0 aromatic carbocycles. The highest BCUT2D eigenvalue weighted by Crippen LogP contribution is 2.44. The van der Waals surface area contributed by atoms with Crippen molar-refractivity contribution >= 4 is 11.9 Å². The number of fused-ring (bicyclic) bond motifs is 3. The number of carbonyl (C=O) groups excluding carboxylic acids is 2. The Morgan fingerprint density at radius 3 is 2.19 bits per heavy atom. The Labute approximate surface area is 212 Å². The maximum absolute atomic E-state index is 12.1. The van der Waals surface area contributed by atoms with E-state index in [0.29, 0.717) is 18.6 Å². The first-order valence-electron chi connectivity index (χ1n) is 12.4. The minimum absolute atomic E-state index is 0.0732. The van der Waals surface area contributed by atoms with Gasteiger partial charge in [0.25, 0.3) is 0 Å². The fourth-order valence-corrected chi connectivity index (χ4v) is 4.70. The summed E-state index contributed by atoms with van der Waals surface area (Å²) in [6.45, 7) is 11.7. The van der Waals surface area contributed by atoms with Gasteiger partial charge >= 0.3 is 11.9 Å². The molecule has 3 aliphatic heterocycles. The van der Waals surface area contributed by atoms with Crippen LogP contribution in [0.1, 0.15) is 54.4 Å². The van der Waals surface area contributed by atoms with E-state index >= 15 is 0 Å². The zero-order chi connectivity index (χ0) is 26.1. The molecule has 2 aliphatic carbocycles. The molecule has 0 amide bonds. The SMILES string of the molecule is CC1(C)OC2OC(COC(=O)C3=CC=CC3)C3OC(C)(C)OC3C2O1.CCOC(=O)C1=CC=C(C)C1. The Kier molecular flexibility index (Phi) is 7.87. The second-order valence-corrected chi connectivity index (χ2v) is 10.2. The third-order valence-electron chi connectivity index (χ3n) is 6.24. The lowest BCUT2D eigenvalue weighted by Gasteiger charge is -2.36. The predicted octanol–water partition coefficient (Wildman–Crippen LogP) is 3.64. The van der Waals surface area contributed by atoms with Gasteiger partial charge in [0.05, 0.1) is 6.61 Å². The van der Waals surface area contributed by atoms with E-state index in [-0.39, 0.29) is 30.8 Å². The van der Waals surface area contributed by atoms with Crippen LogP contribution in [-0.4, -0.2) is 67.4 Å². The minimum Gasteiger partial charge on any atom is -0.463 e. The summed E-state index contributed by atoms with van der Waals surface area (Å²) in [6, 6.07) is 0. The van der Waals surface area contributed by atoms with E-state index in [1.165, 1.54) is 5.57 Å². The molecular weight excluding hydrogens is 468 g/mol. The van der Waals surface area contributed by atoms with Crippen molar-refractivity contribution in [2.24, 2.45) is 0 Å². The molecule has 36 heavy (non-hydrogen) atoms. The van der Waals surface area contributed by atoms with Crippen LogP contribution >= 0.6 is 0 Å². The summed E-state index contributed by atoms with van der Waals surface area (Å²) in [5.41, 5.74) is 2.62. The van der Waals surface area contributed by atoms with Gasteiger partial charge in [0.1, 0.15) is 31.0 Å². The molecule has 3 saturated heterocycles. The van der Waals surface area contributed by atoms with Crippen molar-refractivity contribution < 1.29 is 42.7 Å². The minimum atomic E-state index is -0.762. The van der Waals surface area contributed by atoms with Crippen LogP contribution in [0.2, 0.25) is 0 Å². The molecule has 198 valence electrons. The van der Waals surface area contributed by atoms with Gasteiger partial charge in [-0.2, -0.15) is 0 Å². The summed E-state index contributed by atoms with van der Waals surface area (Å²) in [5.74, 6) is -2.04. The van der Waals surface area contributed by atoms with Crippen LogP contribution in [-0.2, 0) is 42.7 Å². The standard InChI is InChI=1S/C18H24O7.C9H12O2/c1-17(2)22-12-11(9-20-15(19)10-7-5-6-8-10)21-16-14(13(12)23-17)24-18(3,4)25-16;1-3-11-9(10)8-5-4-7(2)6-8/h5-7,11-14,16H,8-9H2,1-4H3;4-5H,3,6H2,1-2H3. The van der Waals surface area contributed by atoms with E-state index in [9.17, 15) is 9.59 Å². The molecule has 0 aromatic heterocycles. The monoisotopic (exact) mass is 504 g/mol. The maximum Gasteiger partial charge on any atom is 0.334 e. The van der Waals surface area contributed by atoms with Crippen LogP contribution in [0.25, 0.3) is 0 Å². The first-order valence-corrected chi connectivity index (χ1v) is 12.4. The summed E-state index contributed by atoms with van der Waals surface area (Å²) in [4.78, 5) is 23.2. The van der Waals surface area contributed by atoms with Crippen LogP contribution < -0.4 is 0 Å². The Morgan fingerprint density at radius 1 is 0.889 bits per heavy atom. The summed E-state index contributed by atoms with van der Waals surface area (Å²) in [7, 11) is 0. The quantitative estimate of drug-likeness (QED) is 0.520. The van der Waals surface area contributed by atoms with Gasteiger partial charge in [-0.15, -0.1) is 0 Å². The van der Waals surface area contributed by atoms with Crippen molar-refractivity contribution in [3.8, 4) is 0 Å². The van der Waals surface area contributed by atoms with Crippen molar-refractivity contribution in [1.82, 2.24) is 0 Å². The molecule has 5 aliphatic rings. The molecule has 0 radical (unpaired) electrons. The van der Waals surface area contributed by atoms with E-state index in [4.69, 9.17) is 33.2 Å². The Morgan fingerprint density at radius 2 is 1.56 bits per heavy atom. The third-order valence-corrected chi connectivity index (χ3v) is 6.24. The highest BCUT2D eigenvalue weighted by atomic mass is 16.9.